The molecule has 214 valence electrons. The van der Waals surface area contributed by atoms with Crippen LogP contribution in [0.3, 0.4) is 0 Å². The van der Waals surface area contributed by atoms with Crippen molar-refractivity contribution in [3.8, 4) is 0 Å². The molecule has 1 atom stereocenters. The summed E-state index contributed by atoms with van der Waals surface area (Å²) in [5, 5.41) is 8.77. The van der Waals surface area contributed by atoms with Gasteiger partial charge in [0.2, 0.25) is 0 Å². The van der Waals surface area contributed by atoms with E-state index < -0.39 is 17.7 Å². The molecule has 0 aromatic heterocycles. The lowest BCUT2D eigenvalue weighted by Crippen LogP contribution is -2.32. The molecule has 0 heterocycles. The lowest BCUT2D eigenvalue weighted by Gasteiger charge is -2.32. The molecule has 8 heteroatoms. The minimum Gasteiger partial charge on any atom is -0.498 e. The van der Waals surface area contributed by atoms with Crippen molar-refractivity contribution in [2.24, 2.45) is 5.92 Å². The monoisotopic (exact) mass is 573 g/mol. The van der Waals surface area contributed by atoms with E-state index >= 15 is 0 Å². The van der Waals surface area contributed by atoms with Gasteiger partial charge in [0.1, 0.15) is 5.76 Å². The van der Waals surface area contributed by atoms with Gasteiger partial charge in [-0.1, -0.05) is 79.1 Å². The van der Waals surface area contributed by atoms with E-state index in [1.54, 1.807) is 18.2 Å². The van der Waals surface area contributed by atoms with Crippen LogP contribution < -0.4 is 0 Å². The molecule has 2 aromatic carbocycles. The Morgan fingerprint density at radius 3 is 2.58 bits per heavy atom. The topological polar surface area (TPSA) is 49.8 Å². The van der Waals surface area contributed by atoms with Crippen LogP contribution >= 0.6 is 11.6 Å². The zero-order valence-corrected chi connectivity index (χ0v) is 23.1. The average molecular weight is 574 g/mol. The summed E-state index contributed by atoms with van der Waals surface area (Å²) >= 11 is 6.30. The number of carbonyl (C=O) groups is 1. The molecule has 1 N–H and O–H groups in total. The molecular weight excluding hydrogens is 539 g/mol. The molecule has 1 saturated carbocycles. The Morgan fingerprint density at radius 1 is 1.12 bits per heavy atom. The van der Waals surface area contributed by atoms with Gasteiger partial charge < -0.3 is 9.84 Å². The normalized spacial score (nSPS) is 17.8. The summed E-state index contributed by atoms with van der Waals surface area (Å²) in [6.45, 7) is 2.03. The summed E-state index contributed by atoms with van der Waals surface area (Å²) < 4.78 is 46.6. The Bertz CT molecular complexity index is 1230. The van der Waals surface area contributed by atoms with E-state index in [0.717, 1.165) is 18.9 Å². The van der Waals surface area contributed by atoms with Gasteiger partial charge in [-0.3, -0.25) is 4.90 Å². The van der Waals surface area contributed by atoms with Gasteiger partial charge in [0.05, 0.1) is 17.2 Å². The molecule has 0 bridgehead atoms. The highest BCUT2D eigenvalue weighted by molar-refractivity contribution is 6.32. The van der Waals surface area contributed by atoms with Gasteiger partial charge in [-0.25, -0.2) is 4.79 Å². The van der Waals surface area contributed by atoms with E-state index in [2.05, 4.69) is 17.0 Å². The highest BCUT2D eigenvalue weighted by Gasteiger charge is 2.34. The molecule has 0 radical (unpaired) electrons. The summed E-state index contributed by atoms with van der Waals surface area (Å²) in [7, 11) is 0. The van der Waals surface area contributed by atoms with Crippen LogP contribution in [0.15, 0.2) is 84.2 Å². The summed E-state index contributed by atoms with van der Waals surface area (Å²) in [6.07, 6.45) is 7.74. The minimum atomic E-state index is -4.52. The van der Waals surface area contributed by atoms with Gasteiger partial charge in [-0.15, -0.1) is 0 Å². The molecule has 1 unspecified atom stereocenters. The number of carboxylic acids is 1. The molecule has 40 heavy (non-hydrogen) atoms. The Hall–Kier alpha value is -3.03. The zero-order valence-electron chi connectivity index (χ0n) is 22.4. The van der Waals surface area contributed by atoms with Crippen LogP contribution in [0.5, 0.6) is 0 Å². The Labute approximate surface area is 238 Å². The third-order valence-electron chi connectivity index (χ3n) is 7.62. The number of halogens is 4. The predicted octanol–water partition coefficient (Wildman–Crippen LogP) is 8.40. The van der Waals surface area contributed by atoms with Crippen molar-refractivity contribution >= 4 is 17.6 Å². The van der Waals surface area contributed by atoms with Crippen LogP contribution in [0.1, 0.15) is 61.1 Å². The highest BCUT2D eigenvalue weighted by atomic mass is 35.5. The number of nitrogens with zero attached hydrogens (tertiary/aromatic N) is 1. The fourth-order valence-corrected chi connectivity index (χ4v) is 6.00. The summed E-state index contributed by atoms with van der Waals surface area (Å²) in [6, 6.07) is 14.5. The second-order valence-electron chi connectivity index (χ2n) is 10.5. The first-order valence-electron chi connectivity index (χ1n) is 13.8. The standard InChI is InChI=1S/C32H35ClF3NO3/c33-31-26(14-7-16-29(31)32(34,35)36)21-37(17-8-18-40-27-15-6-9-23(19-27)20-30(38)39)22-28(25-12-4-5-13-25)24-10-2-1-3-11-24/h1-3,6-7,9-11,14-16,20,25,28H,4-5,8,12-13,17-19,21-22H2,(H,38,39)/b23-20+. The molecule has 0 amide bonds. The van der Waals surface area contributed by atoms with Crippen LogP contribution in [0.2, 0.25) is 5.02 Å². The average Bonchev–Trinajstić information content (AvgIpc) is 3.45. The highest BCUT2D eigenvalue weighted by Crippen LogP contribution is 2.39. The molecular formula is C32H35ClF3NO3. The van der Waals surface area contributed by atoms with Crippen molar-refractivity contribution in [1.29, 1.82) is 0 Å². The van der Waals surface area contributed by atoms with Crippen LogP contribution in [-0.4, -0.2) is 35.7 Å². The van der Waals surface area contributed by atoms with E-state index in [-0.39, 0.29) is 10.9 Å². The Balaban J connectivity index is 1.49. The fraction of sp³-hybridized carbons (Fsp3) is 0.406. The number of alkyl halides is 3. The van der Waals surface area contributed by atoms with Gasteiger partial charge in [-0.2, -0.15) is 13.2 Å². The number of carboxylic acid groups (broad SMARTS) is 1. The summed E-state index contributed by atoms with van der Waals surface area (Å²) in [5.74, 6) is 0.483. The first-order valence-corrected chi connectivity index (χ1v) is 14.1. The molecule has 0 saturated heterocycles. The number of aliphatic carboxylic acids is 1. The van der Waals surface area contributed by atoms with Crippen molar-refractivity contribution in [3.63, 3.8) is 0 Å². The van der Waals surface area contributed by atoms with E-state index in [0.29, 0.717) is 61.9 Å². The van der Waals surface area contributed by atoms with Crippen molar-refractivity contribution in [1.82, 2.24) is 4.90 Å². The Kier molecular flexibility index (Phi) is 10.5. The quantitative estimate of drug-likeness (QED) is 0.205. The molecule has 2 aliphatic carbocycles. The third kappa shape index (κ3) is 8.48. The van der Waals surface area contributed by atoms with Crippen LogP contribution in [0.25, 0.3) is 0 Å². The first kappa shape index (κ1) is 29.9. The molecule has 1 fully saturated rings. The van der Waals surface area contributed by atoms with E-state index in [4.69, 9.17) is 21.4 Å². The smallest absolute Gasteiger partial charge is 0.417 e. The summed E-state index contributed by atoms with van der Waals surface area (Å²) in [5.41, 5.74) is 1.56. The van der Waals surface area contributed by atoms with Crippen molar-refractivity contribution in [2.75, 3.05) is 19.7 Å². The number of hydrogen-bond acceptors (Lipinski definition) is 3. The van der Waals surface area contributed by atoms with Gasteiger partial charge in [0, 0.05) is 32.1 Å². The van der Waals surface area contributed by atoms with Gasteiger partial charge in [0.15, 0.2) is 0 Å². The zero-order chi connectivity index (χ0) is 28.5. The van der Waals surface area contributed by atoms with E-state index in [9.17, 15) is 18.0 Å². The molecule has 4 nitrogen and oxygen atoms in total. The van der Waals surface area contributed by atoms with Crippen molar-refractivity contribution < 1.29 is 27.8 Å². The fourth-order valence-electron chi connectivity index (χ4n) is 5.71. The van der Waals surface area contributed by atoms with Gasteiger partial charge >= 0.3 is 12.1 Å². The van der Waals surface area contributed by atoms with Crippen LogP contribution in [0, 0.1) is 5.92 Å². The molecule has 4 rings (SSSR count). The second-order valence-corrected chi connectivity index (χ2v) is 10.9. The summed E-state index contributed by atoms with van der Waals surface area (Å²) in [4.78, 5) is 13.2. The number of rotatable bonds is 12. The van der Waals surface area contributed by atoms with E-state index in [1.807, 2.05) is 24.3 Å². The molecule has 0 spiro atoms. The lowest BCUT2D eigenvalue weighted by molar-refractivity contribution is -0.137. The second kappa shape index (κ2) is 14.0. The third-order valence-corrected chi connectivity index (χ3v) is 8.06. The number of allylic oxidation sites excluding steroid dienone is 4. The SMILES string of the molecule is O=C(O)/C=C1\C=CC=C(OCCCN(Cc2cccc(C(F)(F)F)c2Cl)CC(c2ccccc2)C2CCCC2)C1. The first-order chi connectivity index (χ1) is 19.2. The van der Waals surface area contributed by atoms with E-state index in [1.165, 1.54) is 30.5 Å². The van der Waals surface area contributed by atoms with Crippen molar-refractivity contribution in [3.05, 3.63) is 106 Å². The maximum Gasteiger partial charge on any atom is 0.417 e. The van der Waals surface area contributed by atoms with Crippen molar-refractivity contribution in [2.45, 2.75) is 57.2 Å². The van der Waals surface area contributed by atoms with Crippen LogP contribution in [0.4, 0.5) is 13.2 Å². The number of benzene rings is 2. The lowest BCUT2D eigenvalue weighted by atomic mass is 9.84. The predicted molar refractivity (Wildman–Crippen MR) is 151 cm³/mol. The Morgan fingerprint density at radius 2 is 1.88 bits per heavy atom. The number of hydrogen-bond donors (Lipinski definition) is 1. The molecule has 2 aromatic rings. The molecule has 2 aliphatic rings. The maximum absolute atomic E-state index is 13.6. The minimum absolute atomic E-state index is 0.245. The van der Waals surface area contributed by atoms with Gasteiger partial charge in [0.25, 0.3) is 0 Å². The number of ether oxygens (including phenoxy) is 1. The maximum atomic E-state index is 13.6. The largest absolute Gasteiger partial charge is 0.498 e. The van der Waals surface area contributed by atoms with Crippen LogP contribution in [-0.2, 0) is 22.3 Å². The molecule has 0 aliphatic heterocycles. The van der Waals surface area contributed by atoms with Gasteiger partial charge in [-0.05, 0) is 59.9 Å².